The molecule has 1 heterocycles. The average Bonchev–Trinajstić information content (AvgIpc) is 2.47. The van der Waals surface area contributed by atoms with Gasteiger partial charge in [0, 0.05) is 6.04 Å². The molecular formula is C15H21NO3. The third-order valence-corrected chi connectivity index (χ3v) is 4.30. The summed E-state index contributed by atoms with van der Waals surface area (Å²) >= 11 is 0. The van der Waals surface area contributed by atoms with Crippen LogP contribution in [0, 0.1) is 0 Å². The first-order valence-corrected chi connectivity index (χ1v) is 7.01. The Hall–Kier alpha value is -1.26. The average molecular weight is 263 g/mol. The van der Waals surface area contributed by atoms with E-state index in [-0.39, 0.29) is 0 Å². The fourth-order valence-corrected chi connectivity index (χ4v) is 3.01. The Morgan fingerprint density at radius 1 is 1.16 bits per heavy atom. The van der Waals surface area contributed by atoms with Crippen LogP contribution in [0.1, 0.15) is 31.2 Å². The van der Waals surface area contributed by atoms with Gasteiger partial charge in [-0.1, -0.05) is 6.07 Å². The zero-order valence-corrected chi connectivity index (χ0v) is 11.3. The highest BCUT2D eigenvalue weighted by Gasteiger charge is 2.35. The summed E-state index contributed by atoms with van der Waals surface area (Å²) in [5, 5.41) is 14.1. The Labute approximate surface area is 113 Å². The summed E-state index contributed by atoms with van der Waals surface area (Å²) in [5.74, 6) is 1.54. The molecule has 4 nitrogen and oxygen atoms in total. The van der Waals surface area contributed by atoms with Crippen LogP contribution in [0.15, 0.2) is 18.2 Å². The topological polar surface area (TPSA) is 50.7 Å². The van der Waals surface area contributed by atoms with Crippen molar-refractivity contribution in [1.29, 1.82) is 0 Å². The van der Waals surface area contributed by atoms with Crippen molar-refractivity contribution in [1.82, 2.24) is 5.32 Å². The van der Waals surface area contributed by atoms with E-state index in [9.17, 15) is 5.11 Å². The highest BCUT2D eigenvalue weighted by molar-refractivity contribution is 5.45. The quantitative estimate of drug-likeness (QED) is 0.854. The molecule has 3 rings (SSSR count). The molecule has 104 valence electrons. The number of aliphatic hydroxyl groups is 1. The molecule has 1 fully saturated rings. The van der Waals surface area contributed by atoms with E-state index in [1.54, 1.807) is 0 Å². The second-order valence-corrected chi connectivity index (χ2v) is 5.45. The fraction of sp³-hybridized carbons (Fsp3) is 0.600. The minimum absolute atomic E-state index is 0.525. The first-order chi connectivity index (χ1) is 9.21. The minimum atomic E-state index is -0.719. The fourth-order valence-electron chi connectivity index (χ4n) is 3.01. The Morgan fingerprint density at radius 3 is 2.53 bits per heavy atom. The maximum Gasteiger partial charge on any atom is 0.161 e. The summed E-state index contributed by atoms with van der Waals surface area (Å²) in [6.45, 7) is 1.18. The third-order valence-electron chi connectivity index (χ3n) is 4.30. The molecule has 0 amide bonds. The van der Waals surface area contributed by atoms with Gasteiger partial charge in [0.1, 0.15) is 13.2 Å². The number of fused-ring (bicyclic) bond motifs is 1. The lowest BCUT2D eigenvalue weighted by Crippen LogP contribution is -2.38. The van der Waals surface area contributed by atoms with Crippen molar-refractivity contribution in [2.75, 3.05) is 20.3 Å². The smallest absolute Gasteiger partial charge is 0.161 e. The van der Waals surface area contributed by atoms with Gasteiger partial charge in [0.15, 0.2) is 11.5 Å². The van der Waals surface area contributed by atoms with Gasteiger partial charge in [0.25, 0.3) is 0 Å². The number of nitrogens with one attached hydrogen (secondary N) is 1. The van der Waals surface area contributed by atoms with Crippen LogP contribution in [0.5, 0.6) is 11.5 Å². The van der Waals surface area contributed by atoms with E-state index in [2.05, 4.69) is 5.32 Å². The lowest BCUT2D eigenvalue weighted by atomic mass is 9.77. The van der Waals surface area contributed by atoms with Gasteiger partial charge >= 0.3 is 0 Å². The van der Waals surface area contributed by atoms with E-state index >= 15 is 0 Å². The second kappa shape index (κ2) is 5.02. The molecule has 2 aliphatic rings. The van der Waals surface area contributed by atoms with Gasteiger partial charge in [-0.05, 0) is 50.4 Å². The molecule has 4 heteroatoms. The highest BCUT2D eigenvalue weighted by Crippen LogP contribution is 2.41. The summed E-state index contributed by atoms with van der Waals surface area (Å²) in [5.41, 5.74) is 0.231. The molecule has 0 saturated heterocycles. The predicted molar refractivity (Wildman–Crippen MR) is 72.6 cm³/mol. The van der Waals surface area contributed by atoms with Gasteiger partial charge in [-0.3, -0.25) is 0 Å². The summed E-state index contributed by atoms with van der Waals surface area (Å²) in [4.78, 5) is 0. The second-order valence-electron chi connectivity index (χ2n) is 5.45. The van der Waals surface area contributed by atoms with Crippen molar-refractivity contribution in [3.8, 4) is 11.5 Å². The molecule has 0 aromatic heterocycles. The van der Waals surface area contributed by atoms with E-state index in [0.29, 0.717) is 19.3 Å². The summed E-state index contributed by atoms with van der Waals surface area (Å²) in [7, 11) is 1.99. The molecule has 1 aliphatic heterocycles. The van der Waals surface area contributed by atoms with Crippen LogP contribution in [0.3, 0.4) is 0 Å². The molecular weight excluding hydrogens is 242 g/mol. The predicted octanol–water partition coefficient (Wildman–Crippen LogP) is 1.81. The molecule has 0 spiro atoms. The summed E-state index contributed by atoms with van der Waals surface area (Å²) in [6, 6.07) is 6.34. The highest BCUT2D eigenvalue weighted by atomic mass is 16.6. The number of benzene rings is 1. The van der Waals surface area contributed by atoms with Crippen LogP contribution >= 0.6 is 0 Å². The number of ether oxygens (including phenoxy) is 2. The van der Waals surface area contributed by atoms with Gasteiger partial charge in [-0.15, -0.1) is 0 Å². The van der Waals surface area contributed by atoms with Crippen LogP contribution in [0.25, 0.3) is 0 Å². The Bertz CT molecular complexity index is 453. The van der Waals surface area contributed by atoms with Crippen molar-refractivity contribution in [2.24, 2.45) is 0 Å². The molecule has 0 unspecified atom stereocenters. The maximum atomic E-state index is 10.8. The Kier molecular flexibility index (Phi) is 3.37. The molecule has 1 aromatic carbocycles. The minimum Gasteiger partial charge on any atom is -0.486 e. The van der Waals surface area contributed by atoms with Gasteiger partial charge in [0.05, 0.1) is 5.60 Å². The van der Waals surface area contributed by atoms with Gasteiger partial charge in [0.2, 0.25) is 0 Å². The van der Waals surface area contributed by atoms with E-state index in [1.165, 1.54) is 0 Å². The number of hydrogen-bond donors (Lipinski definition) is 2. The monoisotopic (exact) mass is 263 g/mol. The number of hydrogen-bond acceptors (Lipinski definition) is 4. The molecule has 1 aromatic rings. The molecule has 1 saturated carbocycles. The van der Waals surface area contributed by atoms with Crippen molar-refractivity contribution in [3.63, 3.8) is 0 Å². The molecule has 1 aliphatic carbocycles. The molecule has 19 heavy (non-hydrogen) atoms. The molecule has 0 atom stereocenters. The van der Waals surface area contributed by atoms with E-state index in [1.807, 2.05) is 25.2 Å². The van der Waals surface area contributed by atoms with Crippen LogP contribution < -0.4 is 14.8 Å². The first kappa shape index (κ1) is 12.8. The van der Waals surface area contributed by atoms with Gasteiger partial charge < -0.3 is 19.9 Å². The first-order valence-electron chi connectivity index (χ1n) is 7.01. The largest absolute Gasteiger partial charge is 0.486 e. The maximum absolute atomic E-state index is 10.8. The van der Waals surface area contributed by atoms with Crippen LogP contribution in [-0.2, 0) is 5.60 Å². The van der Waals surface area contributed by atoms with Crippen LogP contribution in [-0.4, -0.2) is 31.4 Å². The lowest BCUT2D eigenvalue weighted by molar-refractivity contribution is -0.00800. The van der Waals surface area contributed by atoms with E-state index < -0.39 is 5.60 Å². The zero-order chi connectivity index (χ0) is 13.3. The third kappa shape index (κ3) is 2.42. The molecule has 0 radical (unpaired) electrons. The van der Waals surface area contributed by atoms with Gasteiger partial charge in [-0.25, -0.2) is 0 Å². The van der Waals surface area contributed by atoms with Crippen molar-refractivity contribution in [3.05, 3.63) is 23.8 Å². The number of rotatable bonds is 2. The molecule has 2 N–H and O–H groups in total. The molecule has 0 bridgehead atoms. The Balaban J connectivity index is 1.81. The normalized spacial score (nSPS) is 30.1. The van der Waals surface area contributed by atoms with Gasteiger partial charge in [-0.2, -0.15) is 0 Å². The standard InChI is InChI=1S/C15H21NO3/c1-16-12-4-6-15(17,7-5-12)11-2-3-13-14(10-11)19-9-8-18-13/h2-3,10,12,16-17H,4-9H2,1H3. The van der Waals surface area contributed by atoms with E-state index in [4.69, 9.17) is 9.47 Å². The Morgan fingerprint density at radius 2 is 1.84 bits per heavy atom. The summed E-state index contributed by atoms with van der Waals surface area (Å²) < 4.78 is 11.1. The summed E-state index contributed by atoms with van der Waals surface area (Å²) in [6.07, 6.45) is 3.58. The van der Waals surface area contributed by atoms with Crippen molar-refractivity contribution >= 4 is 0 Å². The lowest BCUT2D eigenvalue weighted by Gasteiger charge is -2.36. The van der Waals surface area contributed by atoms with Crippen molar-refractivity contribution < 1.29 is 14.6 Å². The van der Waals surface area contributed by atoms with Crippen LogP contribution in [0.4, 0.5) is 0 Å². The SMILES string of the molecule is CNC1CCC(O)(c2ccc3c(c2)OCCO3)CC1. The van der Waals surface area contributed by atoms with E-state index in [0.717, 1.165) is 42.7 Å². The zero-order valence-electron chi connectivity index (χ0n) is 11.3. The van der Waals surface area contributed by atoms with Crippen molar-refractivity contribution in [2.45, 2.75) is 37.3 Å². The van der Waals surface area contributed by atoms with Crippen LogP contribution in [0.2, 0.25) is 0 Å².